The molecule has 0 fully saturated rings. The zero-order chi connectivity index (χ0) is 25.2. The molecular weight excluding hydrogens is 487 g/mol. The van der Waals surface area contributed by atoms with E-state index in [4.69, 9.17) is 16.3 Å². The topological polar surface area (TPSA) is 49.9 Å². The normalized spacial score (nSPS) is 15.5. The van der Waals surface area contributed by atoms with Gasteiger partial charge in [0.1, 0.15) is 24.7 Å². The molecule has 0 radical (unpaired) electrons. The minimum atomic E-state index is -0.585. The standard InChI is InChI=1S/C27H28ClFN2O3S/c1-27(2,3)31(26(33)18-5-4-6-19(28)15-18)16-25(32)30-13-11-24-22(12-14-35-24)23(30)17-34-21-9-7-20(29)8-10-21/h4-10,12,14-15,23H,11,13,16-17H2,1-3H3. The Morgan fingerprint density at radius 2 is 1.91 bits per heavy atom. The van der Waals surface area contributed by atoms with Gasteiger partial charge >= 0.3 is 0 Å². The van der Waals surface area contributed by atoms with Crippen LogP contribution < -0.4 is 4.74 Å². The average Bonchev–Trinajstić information content (AvgIpc) is 3.30. The maximum Gasteiger partial charge on any atom is 0.254 e. The molecule has 1 unspecified atom stereocenters. The first-order valence-corrected chi connectivity index (χ1v) is 12.7. The smallest absolute Gasteiger partial charge is 0.254 e. The van der Waals surface area contributed by atoms with E-state index in [0.29, 0.717) is 22.9 Å². The second kappa shape index (κ2) is 10.4. The summed E-state index contributed by atoms with van der Waals surface area (Å²) in [6, 6.07) is 14.3. The second-order valence-corrected chi connectivity index (χ2v) is 10.9. The number of amides is 2. The number of thiophene rings is 1. The highest BCUT2D eigenvalue weighted by Gasteiger charge is 2.36. The minimum absolute atomic E-state index is 0.0681. The van der Waals surface area contributed by atoms with Gasteiger partial charge in [0.05, 0.1) is 6.04 Å². The quantitative estimate of drug-likeness (QED) is 0.406. The molecule has 35 heavy (non-hydrogen) atoms. The summed E-state index contributed by atoms with van der Waals surface area (Å²) in [5.41, 5.74) is 0.911. The second-order valence-electron chi connectivity index (χ2n) is 9.49. The van der Waals surface area contributed by atoms with Gasteiger partial charge in [-0.2, -0.15) is 0 Å². The van der Waals surface area contributed by atoms with Gasteiger partial charge in [0.15, 0.2) is 0 Å². The number of benzene rings is 2. The molecule has 0 saturated carbocycles. The summed E-state index contributed by atoms with van der Waals surface area (Å²) < 4.78 is 19.2. The van der Waals surface area contributed by atoms with Gasteiger partial charge in [-0.25, -0.2) is 4.39 Å². The summed E-state index contributed by atoms with van der Waals surface area (Å²) in [5.74, 6) is -0.201. The fourth-order valence-electron chi connectivity index (χ4n) is 4.20. The molecule has 2 amide bonds. The van der Waals surface area contributed by atoms with Crippen molar-refractivity contribution in [3.05, 3.63) is 86.8 Å². The molecule has 184 valence electrons. The summed E-state index contributed by atoms with van der Waals surface area (Å²) >= 11 is 7.77. The summed E-state index contributed by atoms with van der Waals surface area (Å²) in [6.45, 7) is 6.43. The summed E-state index contributed by atoms with van der Waals surface area (Å²) in [6.07, 6.45) is 0.754. The molecule has 1 aliphatic heterocycles. The molecule has 5 nitrogen and oxygen atoms in total. The van der Waals surface area contributed by atoms with Gasteiger partial charge in [-0.05, 0) is 86.7 Å². The molecule has 3 aromatic rings. The van der Waals surface area contributed by atoms with Crippen molar-refractivity contribution >= 4 is 34.8 Å². The SMILES string of the molecule is CC(C)(C)N(CC(=O)N1CCc2sccc2C1COc1ccc(F)cc1)C(=O)c1cccc(Cl)c1. The molecular formula is C27H28ClFN2O3S. The number of rotatable bonds is 6. The van der Waals surface area contributed by atoms with Crippen LogP contribution in [0.15, 0.2) is 60.0 Å². The van der Waals surface area contributed by atoms with Crippen LogP contribution in [-0.2, 0) is 11.2 Å². The summed E-state index contributed by atoms with van der Waals surface area (Å²) in [5, 5.41) is 2.49. The largest absolute Gasteiger partial charge is 0.491 e. The number of ether oxygens (including phenoxy) is 1. The van der Waals surface area contributed by atoms with Crippen molar-refractivity contribution in [1.29, 1.82) is 0 Å². The van der Waals surface area contributed by atoms with Crippen LogP contribution in [0.2, 0.25) is 5.02 Å². The Kier molecular flexibility index (Phi) is 7.47. The third-order valence-electron chi connectivity index (χ3n) is 6.06. The van der Waals surface area contributed by atoms with E-state index in [0.717, 1.165) is 12.0 Å². The highest BCUT2D eigenvalue weighted by molar-refractivity contribution is 7.10. The molecule has 0 saturated heterocycles. The molecule has 8 heteroatoms. The maximum absolute atomic E-state index is 13.7. The number of fused-ring (bicyclic) bond motifs is 1. The van der Waals surface area contributed by atoms with Crippen LogP contribution in [0.3, 0.4) is 0 Å². The lowest BCUT2D eigenvalue weighted by atomic mass is 9.99. The lowest BCUT2D eigenvalue weighted by Crippen LogP contribution is -2.53. The Labute approximate surface area is 214 Å². The molecule has 1 aromatic heterocycles. The molecule has 0 spiro atoms. The van der Waals surface area contributed by atoms with Gasteiger partial charge in [-0.3, -0.25) is 9.59 Å². The van der Waals surface area contributed by atoms with Crippen LogP contribution >= 0.6 is 22.9 Å². The van der Waals surface area contributed by atoms with Crippen molar-refractivity contribution < 1.29 is 18.7 Å². The van der Waals surface area contributed by atoms with Gasteiger partial charge in [-0.1, -0.05) is 17.7 Å². The van der Waals surface area contributed by atoms with E-state index in [1.807, 2.05) is 32.2 Å². The lowest BCUT2D eigenvalue weighted by molar-refractivity contribution is -0.136. The van der Waals surface area contributed by atoms with E-state index in [1.54, 1.807) is 57.5 Å². The molecule has 0 N–H and O–H groups in total. The van der Waals surface area contributed by atoms with Gasteiger partial charge in [0.25, 0.3) is 5.91 Å². The zero-order valence-corrected chi connectivity index (χ0v) is 21.5. The van der Waals surface area contributed by atoms with Crippen molar-refractivity contribution in [2.45, 2.75) is 38.8 Å². The van der Waals surface area contributed by atoms with Crippen molar-refractivity contribution in [2.24, 2.45) is 0 Å². The van der Waals surface area contributed by atoms with Crippen LogP contribution in [-0.4, -0.2) is 46.8 Å². The van der Waals surface area contributed by atoms with E-state index in [-0.39, 0.29) is 36.8 Å². The van der Waals surface area contributed by atoms with Crippen molar-refractivity contribution in [1.82, 2.24) is 9.80 Å². The van der Waals surface area contributed by atoms with Gasteiger partial charge in [0, 0.05) is 27.5 Å². The fraction of sp³-hybridized carbons (Fsp3) is 0.333. The van der Waals surface area contributed by atoms with Crippen molar-refractivity contribution in [3.8, 4) is 5.75 Å². The first kappa shape index (κ1) is 25.2. The summed E-state index contributed by atoms with van der Waals surface area (Å²) in [7, 11) is 0. The predicted octanol–water partition coefficient (Wildman–Crippen LogP) is 5.99. The number of hydrogen-bond donors (Lipinski definition) is 0. The number of halogens is 2. The van der Waals surface area contributed by atoms with Gasteiger partial charge < -0.3 is 14.5 Å². The summed E-state index contributed by atoms with van der Waals surface area (Å²) in [4.78, 5) is 31.6. The Hall–Kier alpha value is -2.90. The Balaban J connectivity index is 1.56. The van der Waals surface area contributed by atoms with Crippen LogP contribution in [0.25, 0.3) is 0 Å². The number of carbonyl (C=O) groups is 2. The first-order chi connectivity index (χ1) is 16.6. The van der Waals surface area contributed by atoms with Crippen molar-refractivity contribution in [2.75, 3.05) is 19.7 Å². The Morgan fingerprint density at radius 1 is 1.17 bits per heavy atom. The minimum Gasteiger partial charge on any atom is -0.491 e. The number of carbonyl (C=O) groups excluding carboxylic acids is 2. The van der Waals surface area contributed by atoms with Crippen LogP contribution in [0.1, 0.15) is 47.6 Å². The molecule has 2 aromatic carbocycles. The van der Waals surface area contributed by atoms with E-state index in [1.165, 1.54) is 17.0 Å². The Bertz CT molecular complexity index is 1210. The van der Waals surface area contributed by atoms with Crippen LogP contribution in [0, 0.1) is 5.82 Å². The number of nitrogens with zero attached hydrogens (tertiary/aromatic N) is 2. The number of hydrogen-bond acceptors (Lipinski definition) is 4. The van der Waals surface area contributed by atoms with Gasteiger partial charge in [-0.15, -0.1) is 11.3 Å². The first-order valence-electron chi connectivity index (χ1n) is 11.4. The van der Waals surface area contributed by atoms with E-state index in [2.05, 4.69) is 0 Å². The van der Waals surface area contributed by atoms with Crippen LogP contribution in [0.5, 0.6) is 5.75 Å². The van der Waals surface area contributed by atoms with E-state index in [9.17, 15) is 14.0 Å². The highest BCUT2D eigenvalue weighted by Crippen LogP contribution is 2.34. The average molecular weight is 515 g/mol. The molecule has 0 aliphatic carbocycles. The molecule has 4 rings (SSSR count). The van der Waals surface area contributed by atoms with E-state index >= 15 is 0 Å². The Morgan fingerprint density at radius 3 is 2.60 bits per heavy atom. The maximum atomic E-state index is 13.7. The van der Waals surface area contributed by atoms with E-state index < -0.39 is 5.54 Å². The third-order valence-corrected chi connectivity index (χ3v) is 7.29. The molecule has 0 bridgehead atoms. The van der Waals surface area contributed by atoms with Crippen LogP contribution in [0.4, 0.5) is 4.39 Å². The molecule has 2 heterocycles. The zero-order valence-electron chi connectivity index (χ0n) is 20.0. The predicted molar refractivity (Wildman–Crippen MR) is 137 cm³/mol. The van der Waals surface area contributed by atoms with Gasteiger partial charge in [0.2, 0.25) is 5.91 Å². The fourth-order valence-corrected chi connectivity index (χ4v) is 5.32. The highest BCUT2D eigenvalue weighted by atomic mass is 35.5. The molecule has 1 aliphatic rings. The monoisotopic (exact) mass is 514 g/mol. The van der Waals surface area contributed by atoms with Crippen molar-refractivity contribution in [3.63, 3.8) is 0 Å². The molecule has 1 atom stereocenters. The third kappa shape index (κ3) is 5.85. The lowest BCUT2D eigenvalue weighted by Gasteiger charge is -2.40.